The van der Waals surface area contributed by atoms with Crippen LogP contribution in [0, 0.1) is 6.92 Å². The molecule has 0 spiro atoms. The van der Waals surface area contributed by atoms with Crippen molar-refractivity contribution in [2.24, 2.45) is 0 Å². The molecule has 0 saturated heterocycles. The highest BCUT2D eigenvalue weighted by Gasteiger charge is 2.16. The number of aromatic nitrogens is 3. The van der Waals surface area contributed by atoms with Gasteiger partial charge in [-0.3, -0.25) is 9.59 Å². The van der Waals surface area contributed by atoms with Crippen LogP contribution in [0.2, 0.25) is 0 Å². The zero-order valence-corrected chi connectivity index (χ0v) is 18.9. The van der Waals surface area contributed by atoms with Crippen LogP contribution in [-0.4, -0.2) is 32.2 Å². The van der Waals surface area contributed by atoms with Crippen LogP contribution in [0.1, 0.15) is 32.1 Å². The van der Waals surface area contributed by atoms with Crippen molar-refractivity contribution < 1.29 is 9.59 Å². The molecule has 0 aliphatic heterocycles. The molecule has 1 N–H and O–H groups in total. The van der Waals surface area contributed by atoms with Crippen molar-refractivity contribution in [2.75, 3.05) is 5.75 Å². The van der Waals surface area contributed by atoms with E-state index in [-0.39, 0.29) is 24.0 Å². The summed E-state index contributed by atoms with van der Waals surface area (Å²) in [4.78, 5) is 24.9. The number of rotatable bonds is 9. The quantitative estimate of drug-likeness (QED) is 0.276. The molecule has 0 fully saturated rings. The number of carbonyl (C=O) groups excluding carboxylic acids is 2. The Bertz CT molecular complexity index is 1060. The van der Waals surface area contributed by atoms with E-state index in [0.29, 0.717) is 28.7 Å². The van der Waals surface area contributed by atoms with Crippen LogP contribution < -0.4 is 5.32 Å². The van der Waals surface area contributed by atoms with E-state index in [4.69, 9.17) is 0 Å². The molecule has 0 aliphatic carbocycles. The molecule has 1 heterocycles. The number of carbonyl (C=O) groups is 2. The third-order valence-electron chi connectivity index (χ3n) is 4.34. The number of ketones is 1. The average molecular weight is 485 g/mol. The minimum atomic E-state index is -0.209. The predicted molar refractivity (Wildman–Crippen MR) is 122 cm³/mol. The van der Waals surface area contributed by atoms with Crippen molar-refractivity contribution in [3.63, 3.8) is 0 Å². The fraction of sp³-hybridized carbons (Fsp3) is 0.182. The molecule has 1 aromatic heterocycles. The number of thioether (sulfide) groups is 1. The second-order valence-electron chi connectivity index (χ2n) is 6.54. The molecular formula is C22H21BrN4O2S. The van der Waals surface area contributed by atoms with Gasteiger partial charge in [0.2, 0.25) is 0 Å². The zero-order chi connectivity index (χ0) is 21.5. The molecule has 0 radical (unpaired) electrons. The zero-order valence-electron chi connectivity index (χ0n) is 16.5. The first-order chi connectivity index (χ1) is 14.5. The van der Waals surface area contributed by atoms with Crippen molar-refractivity contribution in [1.82, 2.24) is 20.1 Å². The van der Waals surface area contributed by atoms with Crippen molar-refractivity contribution in [3.8, 4) is 0 Å². The Morgan fingerprint density at radius 2 is 1.90 bits per heavy atom. The summed E-state index contributed by atoms with van der Waals surface area (Å²) in [5.74, 6) is 0.665. The number of Topliss-reactive ketones (excluding diaryl/α,β-unsaturated/α-hetero) is 1. The Labute approximate surface area is 187 Å². The lowest BCUT2D eigenvalue weighted by Gasteiger charge is -2.09. The lowest BCUT2D eigenvalue weighted by Crippen LogP contribution is -2.25. The van der Waals surface area contributed by atoms with Crippen LogP contribution in [0.25, 0.3) is 0 Å². The highest BCUT2D eigenvalue weighted by atomic mass is 79.9. The standard InChI is InChI=1S/C22H21BrN4O2S/c1-3-12-27-20(13-24-21(29)17-6-4-5-7-18(17)23)25-26-22(27)30-14-19(28)16-10-8-15(2)9-11-16/h3-11H,1,12-14H2,2H3,(H,24,29). The molecule has 3 rings (SSSR count). The highest BCUT2D eigenvalue weighted by molar-refractivity contribution is 9.10. The molecule has 3 aromatic rings. The van der Waals surface area contributed by atoms with Gasteiger partial charge in [-0.2, -0.15) is 0 Å². The molecule has 154 valence electrons. The van der Waals surface area contributed by atoms with Crippen LogP contribution in [0.3, 0.4) is 0 Å². The third kappa shape index (κ3) is 5.46. The van der Waals surface area contributed by atoms with E-state index in [1.54, 1.807) is 18.2 Å². The second kappa shape index (κ2) is 10.4. The summed E-state index contributed by atoms with van der Waals surface area (Å²) in [5, 5.41) is 11.9. The number of allylic oxidation sites excluding steroid dienone is 1. The van der Waals surface area contributed by atoms with E-state index < -0.39 is 0 Å². The number of amides is 1. The van der Waals surface area contributed by atoms with Crippen LogP contribution in [0.5, 0.6) is 0 Å². The Morgan fingerprint density at radius 1 is 1.17 bits per heavy atom. The normalized spacial score (nSPS) is 10.6. The van der Waals surface area contributed by atoms with Gasteiger partial charge in [0, 0.05) is 16.6 Å². The molecule has 0 aliphatic rings. The molecule has 0 bridgehead atoms. The maximum absolute atomic E-state index is 12.4. The summed E-state index contributed by atoms with van der Waals surface area (Å²) in [6.45, 7) is 6.46. The topological polar surface area (TPSA) is 76.9 Å². The van der Waals surface area contributed by atoms with Gasteiger partial charge >= 0.3 is 0 Å². The number of hydrogen-bond acceptors (Lipinski definition) is 5. The number of benzene rings is 2. The van der Waals surface area contributed by atoms with Gasteiger partial charge < -0.3 is 9.88 Å². The summed E-state index contributed by atoms with van der Waals surface area (Å²) in [6, 6.07) is 14.7. The molecule has 1 amide bonds. The van der Waals surface area contributed by atoms with Gasteiger partial charge in [-0.1, -0.05) is 59.8 Å². The number of halogens is 1. The maximum Gasteiger partial charge on any atom is 0.252 e. The molecular weight excluding hydrogens is 464 g/mol. The lowest BCUT2D eigenvalue weighted by atomic mass is 10.1. The van der Waals surface area contributed by atoms with Gasteiger partial charge in [0.15, 0.2) is 16.8 Å². The summed E-state index contributed by atoms with van der Waals surface area (Å²) in [5.41, 5.74) is 2.33. The van der Waals surface area contributed by atoms with Gasteiger partial charge in [0.1, 0.15) is 0 Å². The van der Waals surface area contributed by atoms with Crippen LogP contribution in [0.15, 0.2) is 70.8 Å². The van der Waals surface area contributed by atoms with E-state index >= 15 is 0 Å². The van der Waals surface area contributed by atoms with Crippen molar-refractivity contribution in [2.45, 2.75) is 25.2 Å². The number of hydrogen-bond donors (Lipinski definition) is 1. The van der Waals surface area contributed by atoms with Gasteiger partial charge in [-0.15, -0.1) is 16.8 Å². The minimum absolute atomic E-state index is 0.0249. The third-order valence-corrected chi connectivity index (χ3v) is 5.99. The number of aryl methyl sites for hydroxylation is 1. The summed E-state index contributed by atoms with van der Waals surface area (Å²) in [7, 11) is 0. The van der Waals surface area contributed by atoms with Crippen molar-refractivity contribution in [3.05, 3.63) is 88.2 Å². The van der Waals surface area contributed by atoms with E-state index in [9.17, 15) is 9.59 Å². The first-order valence-corrected chi connectivity index (χ1v) is 11.1. The van der Waals surface area contributed by atoms with E-state index in [1.807, 2.05) is 47.9 Å². The van der Waals surface area contributed by atoms with Crippen molar-refractivity contribution in [1.29, 1.82) is 0 Å². The number of nitrogens with zero attached hydrogens (tertiary/aromatic N) is 3. The summed E-state index contributed by atoms with van der Waals surface area (Å²) in [6.07, 6.45) is 1.73. The molecule has 2 aromatic carbocycles. The summed E-state index contributed by atoms with van der Waals surface area (Å²) < 4.78 is 2.57. The van der Waals surface area contributed by atoms with E-state index in [1.165, 1.54) is 11.8 Å². The predicted octanol–water partition coefficient (Wildman–Crippen LogP) is 4.44. The second-order valence-corrected chi connectivity index (χ2v) is 8.34. The van der Waals surface area contributed by atoms with Gasteiger partial charge in [0.25, 0.3) is 5.91 Å². The largest absolute Gasteiger partial charge is 0.345 e. The van der Waals surface area contributed by atoms with Gasteiger partial charge in [0.05, 0.1) is 17.9 Å². The molecule has 30 heavy (non-hydrogen) atoms. The molecule has 0 saturated carbocycles. The molecule has 6 nitrogen and oxygen atoms in total. The summed E-state index contributed by atoms with van der Waals surface area (Å²) >= 11 is 4.70. The molecule has 8 heteroatoms. The number of nitrogens with one attached hydrogen (secondary N) is 1. The monoisotopic (exact) mass is 484 g/mol. The van der Waals surface area contributed by atoms with Crippen molar-refractivity contribution >= 4 is 39.4 Å². The highest BCUT2D eigenvalue weighted by Crippen LogP contribution is 2.20. The van der Waals surface area contributed by atoms with Crippen LogP contribution in [0.4, 0.5) is 0 Å². The van der Waals surface area contributed by atoms with Gasteiger partial charge in [-0.25, -0.2) is 0 Å². The molecule has 0 atom stereocenters. The SMILES string of the molecule is C=CCn1c(CNC(=O)c2ccccc2Br)nnc1SCC(=O)c1ccc(C)cc1. The van der Waals surface area contributed by atoms with Crippen LogP contribution in [-0.2, 0) is 13.1 Å². The fourth-order valence-electron chi connectivity index (χ4n) is 2.72. The Morgan fingerprint density at radius 3 is 2.60 bits per heavy atom. The first kappa shape index (κ1) is 22.0. The van der Waals surface area contributed by atoms with E-state index in [2.05, 4.69) is 38.0 Å². The lowest BCUT2D eigenvalue weighted by molar-refractivity contribution is 0.0948. The maximum atomic E-state index is 12.4. The van der Waals surface area contributed by atoms with E-state index in [0.717, 1.165) is 10.0 Å². The Hall–Kier alpha value is -2.71. The smallest absolute Gasteiger partial charge is 0.252 e. The fourth-order valence-corrected chi connectivity index (χ4v) is 4.05. The minimum Gasteiger partial charge on any atom is -0.345 e. The van der Waals surface area contributed by atoms with Gasteiger partial charge in [-0.05, 0) is 35.0 Å². The average Bonchev–Trinajstić information content (AvgIpc) is 3.13. The Balaban J connectivity index is 1.66. The Kier molecular flexibility index (Phi) is 7.59. The van der Waals surface area contributed by atoms with Crippen LogP contribution >= 0.6 is 27.7 Å². The first-order valence-electron chi connectivity index (χ1n) is 9.28. The molecule has 0 unspecified atom stereocenters.